The van der Waals surface area contributed by atoms with Crippen molar-refractivity contribution in [3.05, 3.63) is 23.5 Å². The molecule has 6 heteroatoms. The lowest BCUT2D eigenvalue weighted by Crippen LogP contribution is -2.47. The Hall–Kier alpha value is -1.63. The molecule has 0 amide bonds. The summed E-state index contributed by atoms with van der Waals surface area (Å²) in [6.45, 7) is 6.65. The number of rotatable bonds is 5. The second kappa shape index (κ2) is 8.59. The summed E-state index contributed by atoms with van der Waals surface area (Å²) in [5.41, 5.74) is 2.37. The molecule has 0 spiro atoms. The van der Waals surface area contributed by atoms with Crippen LogP contribution in [0.4, 0.5) is 5.69 Å². The van der Waals surface area contributed by atoms with Gasteiger partial charge in [-0.3, -0.25) is 14.8 Å². The van der Waals surface area contributed by atoms with Gasteiger partial charge in [-0.25, -0.2) is 0 Å². The first kappa shape index (κ1) is 18.7. The van der Waals surface area contributed by atoms with Crippen LogP contribution in [0.15, 0.2) is 17.3 Å². The number of likely N-dealkylation sites (tertiary alicyclic amines) is 2. The van der Waals surface area contributed by atoms with Gasteiger partial charge >= 0.3 is 0 Å². The van der Waals surface area contributed by atoms with Crippen molar-refractivity contribution < 1.29 is 4.79 Å². The van der Waals surface area contributed by atoms with Gasteiger partial charge in [-0.15, -0.1) is 0 Å². The number of piperidine rings is 2. The Morgan fingerprint density at radius 2 is 1.93 bits per heavy atom. The van der Waals surface area contributed by atoms with E-state index < -0.39 is 0 Å². The molecule has 0 radical (unpaired) electrons. The van der Waals surface area contributed by atoms with Crippen LogP contribution < -0.4 is 5.32 Å². The minimum atomic E-state index is 0.143. The topological polar surface area (TPSA) is 60.8 Å². The van der Waals surface area contributed by atoms with Crippen molar-refractivity contribution >= 4 is 17.7 Å². The van der Waals surface area contributed by atoms with Crippen LogP contribution in [0, 0.1) is 5.92 Å². The van der Waals surface area contributed by atoms with E-state index in [1.807, 2.05) is 0 Å². The maximum Gasteiger partial charge on any atom is 0.170 e. The monoisotopic (exact) mass is 369 g/mol. The molecule has 0 aliphatic carbocycles. The van der Waals surface area contributed by atoms with Gasteiger partial charge in [0.15, 0.2) is 5.78 Å². The van der Waals surface area contributed by atoms with Crippen LogP contribution in [-0.2, 0) is 6.54 Å². The molecule has 4 heterocycles. The molecular formula is C21H31N5O. The molecule has 146 valence electrons. The highest BCUT2D eigenvalue weighted by molar-refractivity contribution is 6.10. The number of pyridine rings is 1. The van der Waals surface area contributed by atoms with Gasteiger partial charge in [0.05, 0.1) is 11.4 Å². The van der Waals surface area contributed by atoms with Crippen LogP contribution in [0.3, 0.4) is 0 Å². The van der Waals surface area contributed by atoms with E-state index in [9.17, 15) is 4.79 Å². The molecule has 0 aromatic carbocycles. The number of hydrogen-bond acceptors (Lipinski definition) is 6. The average molecular weight is 370 g/mol. The van der Waals surface area contributed by atoms with E-state index in [1.165, 1.54) is 51.9 Å². The lowest BCUT2D eigenvalue weighted by molar-refractivity contribution is 0.0852. The first-order valence-corrected chi connectivity index (χ1v) is 10.4. The van der Waals surface area contributed by atoms with Crippen molar-refractivity contribution in [3.8, 4) is 0 Å². The van der Waals surface area contributed by atoms with E-state index in [1.54, 1.807) is 18.5 Å². The smallest absolute Gasteiger partial charge is 0.170 e. The highest BCUT2D eigenvalue weighted by Crippen LogP contribution is 2.27. The number of hydrogen-bond donors (Lipinski definition) is 1. The minimum Gasteiger partial charge on any atom is -0.311 e. The van der Waals surface area contributed by atoms with E-state index in [0.717, 1.165) is 35.4 Å². The van der Waals surface area contributed by atoms with Crippen molar-refractivity contribution in [2.45, 2.75) is 44.7 Å². The molecule has 2 fully saturated rings. The number of nitrogens with one attached hydrogen (secondary N) is 1. The summed E-state index contributed by atoms with van der Waals surface area (Å²) in [4.78, 5) is 26.0. The van der Waals surface area contributed by atoms with E-state index in [4.69, 9.17) is 0 Å². The summed E-state index contributed by atoms with van der Waals surface area (Å²) >= 11 is 0. The predicted octanol–water partition coefficient (Wildman–Crippen LogP) is 2.27. The minimum absolute atomic E-state index is 0.143. The second-order valence-electron chi connectivity index (χ2n) is 8.24. The van der Waals surface area contributed by atoms with E-state index in [0.29, 0.717) is 13.0 Å². The Kier molecular flexibility index (Phi) is 5.95. The summed E-state index contributed by atoms with van der Waals surface area (Å²) in [5.74, 6) is 0.877. The number of aromatic nitrogens is 1. The van der Waals surface area contributed by atoms with Gasteiger partial charge in [0, 0.05) is 37.0 Å². The molecule has 2 saturated heterocycles. The number of ketones is 1. The maximum atomic E-state index is 12.0. The molecule has 0 bridgehead atoms. The maximum absolute atomic E-state index is 12.0. The number of carbonyl (C=O) groups is 1. The van der Waals surface area contributed by atoms with Gasteiger partial charge in [0.25, 0.3) is 0 Å². The number of Topliss-reactive ketones (excluding diaryl/α,β-unsaturated/α-hetero) is 1. The first-order chi connectivity index (χ1) is 13.2. The predicted molar refractivity (Wildman–Crippen MR) is 108 cm³/mol. The second-order valence-corrected chi connectivity index (χ2v) is 8.24. The van der Waals surface area contributed by atoms with Crippen LogP contribution >= 0.6 is 0 Å². The standard InChI is InChI=1S/C21H31N5O/c1-25-10-6-17(7-11-25)26-12-4-16(5-13-26)14-22-15-19-21-18(2-8-23-19)20(27)3-9-24-21/h2,8-9,16-17,22H,3-7,10-15H2,1H3. The van der Waals surface area contributed by atoms with E-state index in [-0.39, 0.29) is 5.78 Å². The molecule has 0 unspecified atom stereocenters. The molecule has 3 aliphatic heterocycles. The lowest BCUT2D eigenvalue weighted by atomic mass is 9.93. The third-order valence-electron chi connectivity index (χ3n) is 6.38. The summed E-state index contributed by atoms with van der Waals surface area (Å²) in [5, 5.41) is 3.56. The number of aliphatic imine (C=N–C) groups is 1. The average Bonchev–Trinajstić information content (AvgIpc) is 2.70. The normalized spacial score (nSPS) is 22.9. The Morgan fingerprint density at radius 1 is 1.15 bits per heavy atom. The molecule has 4 rings (SSSR count). The van der Waals surface area contributed by atoms with Crippen LogP contribution in [0.1, 0.15) is 48.2 Å². The molecule has 1 aromatic rings. The summed E-state index contributed by atoms with van der Waals surface area (Å²) in [6, 6.07) is 2.58. The fourth-order valence-electron chi connectivity index (χ4n) is 4.60. The van der Waals surface area contributed by atoms with Gasteiger partial charge in [0.1, 0.15) is 0 Å². The highest BCUT2D eigenvalue weighted by atomic mass is 16.1. The summed E-state index contributed by atoms with van der Waals surface area (Å²) in [7, 11) is 2.23. The molecule has 27 heavy (non-hydrogen) atoms. The van der Waals surface area contributed by atoms with E-state index >= 15 is 0 Å². The van der Waals surface area contributed by atoms with Crippen molar-refractivity contribution in [1.82, 2.24) is 20.1 Å². The molecule has 0 saturated carbocycles. The molecular weight excluding hydrogens is 338 g/mol. The van der Waals surface area contributed by atoms with E-state index in [2.05, 4.69) is 32.1 Å². The van der Waals surface area contributed by atoms with Gasteiger partial charge in [-0.05, 0) is 77.4 Å². The van der Waals surface area contributed by atoms with Gasteiger partial charge in [-0.1, -0.05) is 0 Å². The zero-order valence-corrected chi connectivity index (χ0v) is 16.4. The van der Waals surface area contributed by atoms with Crippen molar-refractivity contribution in [2.75, 3.05) is 39.8 Å². The Labute approximate surface area is 162 Å². The largest absolute Gasteiger partial charge is 0.311 e. The summed E-state index contributed by atoms with van der Waals surface area (Å²) in [6.07, 6.45) is 9.03. The number of fused-ring (bicyclic) bond motifs is 1. The fourth-order valence-corrected chi connectivity index (χ4v) is 4.60. The van der Waals surface area contributed by atoms with Crippen LogP contribution in [0.5, 0.6) is 0 Å². The lowest BCUT2D eigenvalue weighted by Gasteiger charge is -2.41. The van der Waals surface area contributed by atoms with Crippen molar-refractivity contribution in [2.24, 2.45) is 10.9 Å². The highest BCUT2D eigenvalue weighted by Gasteiger charge is 2.27. The van der Waals surface area contributed by atoms with Crippen LogP contribution in [-0.4, -0.2) is 72.6 Å². The molecule has 0 atom stereocenters. The SMILES string of the molecule is CN1CCC(N2CCC(CNCc3nccc4c3N=CCC4=O)CC2)CC1. The van der Waals surface area contributed by atoms with Gasteiger partial charge in [0.2, 0.25) is 0 Å². The van der Waals surface area contributed by atoms with Crippen molar-refractivity contribution in [1.29, 1.82) is 0 Å². The third-order valence-corrected chi connectivity index (χ3v) is 6.38. The molecule has 6 nitrogen and oxygen atoms in total. The number of carbonyl (C=O) groups excluding carboxylic acids is 1. The van der Waals surface area contributed by atoms with Gasteiger partial charge in [-0.2, -0.15) is 0 Å². The Morgan fingerprint density at radius 3 is 2.70 bits per heavy atom. The Bertz CT molecular complexity index is 688. The van der Waals surface area contributed by atoms with Crippen LogP contribution in [0.25, 0.3) is 0 Å². The molecule has 3 aliphatic rings. The number of nitrogens with zero attached hydrogens (tertiary/aromatic N) is 4. The molecule has 1 aromatic heterocycles. The van der Waals surface area contributed by atoms with Crippen molar-refractivity contribution in [3.63, 3.8) is 0 Å². The summed E-state index contributed by atoms with van der Waals surface area (Å²) < 4.78 is 0. The van der Waals surface area contributed by atoms with Gasteiger partial charge < -0.3 is 15.1 Å². The zero-order chi connectivity index (χ0) is 18.6. The quantitative estimate of drug-likeness (QED) is 0.863. The Balaban J connectivity index is 1.23. The zero-order valence-electron chi connectivity index (χ0n) is 16.4. The molecule has 1 N–H and O–H groups in total. The fraction of sp³-hybridized carbons (Fsp3) is 0.667. The third kappa shape index (κ3) is 4.45. The van der Waals surface area contributed by atoms with Crippen LogP contribution in [0.2, 0.25) is 0 Å². The first-order valence-electron chi connectivity index (χ1n) is 10.4.